The van der Waals surface area contributed by atoms with Crippen LogP contribution in [0.25, 0.3) is 22.6 Å². The van der Waals surface area contributed by atoms with Crippen molar-refractivity contribution < 1.29 is 17.2 Å². The number of rotatable bonds is 7. The minimum atomic E-state index is -3.52. The van der Waals surface area contributed by atoms with E-state index in [1.165, 1.54) is 6.26 Å². The molecule has 2 aromatic carbocycles. The van der Waals surface area contributed by atoms with Gasteiger partial charge in [0.2, 0.25) is 5.92 Å². The van der Waals surface area contributed by atoms with E-state index in [0.717, 1.165) is 33.6 Å². The van der Waals surface area contributed by atoms with Gasteiger partial charge in [-0.1, -0.05) is 35.5 Å². The molecule has 0 radical (unpaired) electrons. The summed E-state index contributed by atoms with van der Waals surface area (Å²) in [7, 11) is -1.69. The van der Waals surface area contributed by atoms with Crippen LogP contribution < -0.4 is 0 Å². The molecule has 2 aromatic heterocycles. The third-order valence-corrected chi connectivity index (χ3v) is 9.03. The van der Waals surface area contributed by atoms with Crippen LogP contribution >= 0.6 is 0 Å². The van der Waals surface area contributed by atoms with Crippen molar-refractivity contribution in [2.75, 3.05) is 6.26 Å². The third kappa shape index (κ3) is 5.12. The average molecular weight is 566 g/mol. The summed E-state index contributed by atoms with van der Waals surface area (Å²) in [5.74, 6) is -2.79. The number of aryl methyl sites for hydroxylation is 2. The Hall–Kier alpha value is -3.66. The van der Waals surface area contributed by atoms with Crippen LogP contribution in [0.1, 0.15) is 61.3 Å². The molecule has 1 aliphatic carbocycles. The third-order valence-electron chi connectivity index (χ3n) is 7.92. The number of benzene rings is 2. The molecule has 1 saturated carbocycles. The Kier molecular flexibility index (Phi) is 7.24. The minimum absolute atomic E-state index is 0.107. The van der Waals surface area contributed by atoms with Crippen molar-refractivity contribution in [1.29, 1.82) is 0 Å². The number of hydrogen-bond acceptors (Lipinski definition) is 5. The summed E-state index contributed by atoms with van der Waals surface area (Å²) in [5.41, 5.74) is 5.43. The lowest BCUT2D eigenvalue weighted by Gasteiger charge is -2.36. The van der Waals surface area contributed by atoms with E-state index in [9.17, 15) is 17.2 Å². The Morgan fingerprint density at radius 2 is 1.85 bits per heavy atom. The number of fused-ring (bicyclic) bond motifs is 1. The molecule has 1 atom stereocenters. The zero-order valence-electron chi connectivity index (χ0n) is 23.1. The van der Waals surface area contributed by atoms with Crippen molar-refractivity contribution in [3.05, 3.63) is 71.2 Å². The molecule has 1 unspecified atom stereocenters. The molecule has 0 bridgehead atoms. The van der Waals surface area contributed by atoms with Crippen LogP contribution in [-0.4, -0.2) is 46.9 Å². The minimum Gasteiger partial charge on any atom is -0.331 e. The van der Waals surface area contributed by atoms with Crippen LogP contribution in [0.15, 0.2) is 58.4 Å². The molecule has 0 saturated heterocycles. The van der Waals surface area contributed by atoms with Gasteiger partial charge in [-0.15, -0.1) is 5.10 Å². The first kappa shape index (κ1) is 27.9. The Morgan fingerprint density at radius 1 is 1.18 bits per heavy atom. The normalized spacial score (nSPS) is 17.3. The fourth-order valence-electron chi connectivity index (χ4n) is 6.06. The van der Waals surface area contributed by atoms with Gasteiger partial charge >= 0.3 is 0 Å². The van der Waals surface area contributed by atoms with Crippen molar-refractivity contribution in [1.82, 2.24) is 19.6 Å². The molecule has 0 N–H and O–H groups in total. The van der Waals surface area contributed by atoms with E-state index < -0.39 is 15.8 Å². The topological polar surface area (TPSA) is 82.1 Å². The van der Waals surface area contributed by atoms with Gasteiger partial charge in [-0.3, -0.25) is 4.99 Å². The summed E-state index contributed by atoms with van der Waals surface area (Å²) in [6.45, 7) is 7.70. The van der Waals surface area contributed by atoms with Crippen LogP contribution in [0.5, 0.6) is 0 Å². The van der Waals surface area contributed by atoms with Gasteiger partial charge in [-0.25, -0.2) is 21.9 Å². The van der Waals surface area contributed by atoms with Crippen LogP contribution in [0.2, 0.25) is 0 Å². The molecule has 5 rings (SSSR count). The van der Waals surface area contributed by atoms with Gasteiger partial charge in [-0.05, 0) is 74.7 Å². The molecule has 0 spiro atoms. The Morgan fingerprint density at radius 3 is 2.42 bits per heavy atom. The van der Waals surface area contributed by atoms with E-state index in [2.05, 4.69) is 26.6 Å². The number of nitrogens with zero attached hydrogens (tertiary/aromatic N) is 5. The summed E-state index contributed by atoms with van der Waals surface area (Å²) < 4.78 is 57.6. The second-order valence-electron chi connectivity index (χ2n) is 10.7. The molecule has 10 heteroatoms. The molecular formula is C30H33F2N5O2S. The predicted molar refractivity (Wildman–Crippen MR) is 155 cm³/mol. The summed E-state index contributed by atoms with van der Waals surface area (Å²) in [5, 5.41) is 9.07. The number of aliphatic imine (C=N–C) groups is 1. The second kappa shape index (κ2) is 10.4. The van der Waals surface area contributed by atoms with Gasteiger partial charge < -0.3 is 4.57 Å². The van der Waals surface area contributed by atoms with Gasteiger partial charge in [0.1, 0.15) is 0 Å². The first-order chi connectivity index (χ1) is 18.9. The average Bonchev–Trinajstić information content (AvgIpc) is 3.40. The maximum absolute atomic E-state index is 14.3. The smallest absolute Gasteiger partial charge is 0.248 e. The Balaban J connectivity index is 1.85. The largest absolute Gasteiger partial charge is 0.331 e. The van der Waals surface area contributed by atoms with E-state index in [-0.39, 0.29) is 29.7 Å². The fourth-order valence-corrected chi connectivity index (χ4v) is 6.70. The van der Waals surface area contributed by atoms with Gasteiger partial charge in [0.15, 0.2) is 9.84 Å². The molecule has 2 heterocycles. The quantitative estimate of drug-likeness (QED) is 0.231. The SMILES string of the molecule is C=Nc1c(/C=C(\C)c2c(C)nnn2C)n(C(c2ccccc2)C2CCC(F)(F)CC2)c2cc(S(C)(=O)=O)ccc12. The van der Waals surface area contributed by atoms with Gasteiger partial charge in [0.25, 0.3) is 0 Å². The lowest BCUT2D eigenvalue weighted by Crippen LogP contribution is -2.30. The monoisotopic (exact) mass is 565 g/mol. The van der Waals surface area contributed by atoms with Crippen LogP contribution in [0.4, 0.5) is 14.5 Å². The van der Waals surface area contributed by atoms with Crippen molar-refractivity contribution in [3.63, 3.8) is 0 Å². The molecule has 210 valence electrons. The highest BCUT2D eigenvalue weighted by Crippen LogP contribution is 2.47. The number of alkyl halides is 2. The molecule has 0 amide bonds. The van der Waals surface area contributed by atoms with E-state index in [1.807, 2.05) is 57.3 Å². The summed E-state index contributed by atoms with van der Waals surface area (Å²) in [6, 6.07) is 14.5. The highest BCUT2D eigenvalue weighted by atomic mass is 32.2. The van der Waals surface area contributed by atoms with Gasteiger partial charge in [0.05, 0.1) is 39.2 Å². The van der Waals surface area contributed by atoms with Gasteiger partial charge in [-0.2, -0.15) is 0 Å². The maximum atomic E-state index is 14.3. The Bertz CT molecular complexity index is 1690. The number of halogens is 2. The molecule has 1 aliphatic rings. The molecular weight excluding hydrogens is 532 g/mol. The first-order valence-electron chi connectivity index (χ1n) is 13.2. The summed E-state index contributed by atoms with van der Waals surface area (Å²) in [6.07, 6.45) is 3.46. The van der Waals surface area contributed by atoms with Crippen molar-refractivity contribution in [2.45, 2.75) is 56.4 Å². The summed E-state index contributed by atoms with van der Waals surface area (Å²) in [4.78, 5) is 4.59. The number of hydrogen-bond donors (Lipinski definition) is 0. The van der Waals surface area contributed by atoms with E-state index >= 15 is 0 Å². The predicted octanol–water partition coefficient (Wildman–Crippen LogP) is 6.79. The fraction of sp³-hybridized carbons (Fsp3) is 0.367. The number of sulfone groups is 1. The first-order valence-corrected chi connectivity index (χ1v) is 15.1. The van der Waals surface area contributed by atoms with Crippen molar-refractivity contribution in [2.24, 2.45) is 18.0 Å². The van der Waals surface area contributed by atoms with Crippen molar-refractivity contribution >= 4 is 44.8 Å². The zero-order chi connectivity index (χ0) is 28.8. The second-order valence-corrected chi connectivity index (χ2v) is 12.8. The van der Waals surface area contributed by atoms with Gasteiger partial charge in [0, 0.05) is 31.5 Å². The molecule has 4 aromatic rings. The van der Waals surface area contributed by atoms with Crippen LogP contribution in [-0.2, 0) is 16.9 Å². The molecule has 1 fully saturated rings. The van der Waals surface area contributed by atoms with E-state index in [1.54, 1.807) is 22.9 Å². The van der Waals surface area contributed by atoms with E-state index in [0.29, 0.717) is 24.0 Å². The zero-order valence-corrected chi connectivity index (χ0v) is 23.9. The highest BCUT2D eigenvalue weighted by Gasteiger charge is 2.39. The standard InChI is InChI=1S/C30H33F2N5O2S/c1-19(28-20(2)34-35-36(28)4)17-26-27(33-3)24-12-11-23(40(5,38)39)18-25(24)37(26)29(21-9-7-6-8-10-21)22-13-15-30(31,32)16-14-22/h6-12,17-18,22,29H,3,13-16H2,1-2,4-5H3/b19-17+. The van der Waals surface area contributed by atoms with Crippen LogP contribution in [0.3, 0.4) is 0 Å². The van der Waals surface area contributed by atoms with Crippen molar-refractivity contribution in [3.8, 4) is 0 Å². The van der Waals surface area contributed by atoms with Crippen LogP contribution in [0, 0.1) is 12.8 Å². The lowest BCUT2D eigenvalue weighted by molar-refractivity contribution is -0.0494. The number of allylic oxidation sites excluding steroid dienone is 1. The number of aromatic nitrogens is 4. The Labute approximate surface area is 233 Å². The lowest BCUT2D eigenvalue weighted by atomic mass is 9.79. The molecule has 40 heavy (non-hydrogen) atoms. The molecule has 7 nitrogen and oxygen atoms in total. The molecule has 0 aliphatic heterocycles. The highest BCUT2D eigenvalue weighted by molar-refractivity contribution is 7.90. The van der Waals surface area contributed by atoms with E-state index in [4.69, 9.17) is 0 Å². The maximum Gasteiger partial charge on any atom is 0.248 e. The summed E-state index contributed by atoms with van der Waals surface area (Å²) >= 11 is 0.